The summed E-state index contributed by atoms with van der Waals surface area (Å²) in [5.74, 6) is 1.89. The van der Waals surface area contributed by atoms with E-state index in [4.69, 9.17) is 0 Å². The molecule has 2 heteroatoms. The molecule has 0 heterocycles. The molecular weight excluding hydrogens is 208 g/mol. The van der Waals surface area contributed by atoms with Gasteiger partial charge in [0.15, 0.2) is 0 Å². The van der Waals surface area contributed by atoms with Crippen LogP contribution in [-0.2, 0) is 0 Å². The molecule has 17 heavy (non-hydrogen) atoms. The van der Waals surface area contributed by atoms with Gasteiger partial charge in [0.25, 0.3) is 0 Å². The summed E-state index contributed by atoms with van der Waals surface area (Å²) < 4.78 is 0. The molecule has 0 amide bonds. The highest BCUT2D eigenvalue weighted by Crippen LogP contribution is 2.30. The SMILES string of the molecule is CNC1CCC(C)CC1N(C)CC1CCCC1. The molecule has 0 aromatic heterocycles. The predicted octanol–water partition coefficient (Wildman–Crippen LogP) is 2.89. The molecule has 2 saturated carbocycles. The van der Waals surface area contributed by atoms with E-state index in [9.17, 15) is 0 Å². The molecule has 1 N–H and O–H groups in total. The zero-order chi connectivity index (χ0) is 12.3. The molecule has 3 unspecified atom stereocenters. The predicted molar refractivity (Wildman–Crippen MR) is 74.2 cm³/mol. The van der Waals surface area contributed by atoms with E-state index in [-0.39, 0.29) is 0 Å². The van der Waals surface area contributed by atoms with Gasteiger partial charge in [0.1, 0.15) is 0 Å². The van der Waals surface area contributed by atoms with E-state index in [0.717, 1.165) is 23.9 Å². The first kappa shape index (κ1) is 13.4. The number of nitrogens with one attached hydrogen (secondary N) is 1. The summed E-state index contributed by atoms with van der Waals surface area (Å²) in [7, 11) is 4.49. The Morgan fingerprint density at radius 3 is 2.47 bits per heavy atom. The van der Waals surface area contributed by atoms with Gasteiger partial charge in [0, 0.05) is 18.6 Å². The minimum Gasteiger partial charge on any atom is -0.315 e. The van der Waals surface area contributed by atoms with Crippen molar-refractivity contribution in [1.82, 2.24) is 10.2 Å². The average molecular weight is 238 g/mol. The number of likely N-dealkylation sites (N-methyl/N-ethyl adjacent to an activating group) is 2. The molecule has 2 aliphatic rings. The number of nitrogens with zero attached hydrogens (tertiary/aromatic N) is 1. The van der Waals surface area contributed by atoms with Crippen LogP contribution < -0.4 is 5.32 Å². The van der Waals surface area contributed by atoms with Crippen molar-refractivity contribution in [2.24, 2.45) is 11.8 Å². The van der Waals surface area contributed by atoms with Crippen LogP contribution in [0.15, 0.2) is 0 Å². The Kier molecular flexibility index (Phi) is 4.87. The lowest BCUT2D eigenvalue weighted by atomic mass is 9.82. The van der Waals surface area contributed by atoms with Crippen LogP contribution in [-0.4, -0.2) is 37.6 Å². The van der Waals surface area contributed by atoms with Gasteiger partial charge in [-0.1, -0.05) is 19.8 Å². The second-order valence-electron chi connectivity index (χ2n) is 6.47. The van der Waals surface area contributed by atoms with Crippen molar-refractivity contribution in [2.75, 3.05) is 20.6 Å². The third-order valence-electron chi connectivity index (χ3n) is 5.04. The molecule has 2 fully saturated rings. The first-order valence-corrected chi connectivity index (χ1v) is 7.58. The summed E-state index contributed by atoms with van der Waals surface area (Å²) in [5.41, 5.74) is 0. The number of rotatable bonds is 4. The van der Waals surface area contributed by atoms with E-state index in [1.165, 1.54) is 51.5 Å². The summed E-state index contributed by atoms with van der Waals surface area (Å²) in [6.45, 7) is 3.75. The summed E-state index contributed by atoms with van der Waals surface area (Å²) in [4.78, 5) is 2.66. The smallest absolute Gasteiger partial charge is 0.0248 e. The Morgan fingerprint density at radius 1 is 1.12 bits per heavy atom. The highest BCUT2D eigenvalue weighted by molar-refractivity contribution is 4.89. The van der Waals surface area contributed by atoms with Crippen LogP contribution in [0.25, 0.3) is 0 Å². The second kappa shape index (κ2) is 6.19. The largest absolute Gasteiger partial charge is 0.315 e. The lowest BCUT2D eigenvalue weighted by molar-refractivity contribution is 0.113. The van der Waals surface area contributed by atoms with E-state index in [2.05, 4.69) is 31.2 Å². The molecule has 0 spiro atoms. The minimum atomic E-state index is 0.720. The normalized spacial score (nSPS) is 35.6. The van der Waals surface area contributed by atoms with Crippen molar-refractivity contribution in [3.8, 4) is 0 Å². The van der Waals surface area contributed by atoms with Crippen molar-refractivity contribution in [2.45, 2.75) is 64.0 Å². The van der Waals surface area contributed by atoms with Crippen molar-refractivity contribution >= 4 is 0 Å². The summed E-state index contributed by atoms with van der Waals surface area (Å²) >= 11 is 0. The Bertz CT molecular complexity index is 223. The Balaban J connectivity index is 1.87. The molecule has 0 aromatic rings. The first-order chi connectivity index (χ1) is 8.20. The monoisotopic (exact) mass is 238 g/mol. The molecule has 0 radical (unpaired) electrons. The van der Waals surface area contributed by atoms with Gasteiger partial charge in [0.2, 0.25) is 0 Å². The third kappa shape index (κ3) is 3.45. The maximum atomic E-state index is 3.54. The summed E-state index contributed by atoms with van der Waals surface area (Å²) in [6.07, 6.45) is 10.0. The average Bonchev–Trinajstić information content (AvgIpc) is 2.81. The van der Waals surface area contributed by atoms with Gasteiger partial charge in [-0.25, -0.2) is 0 Å². The molecule has 100 valence electrons. The van der Waals surface area contributed by atoms with Gasteiger partial charge < -0.3 is 10.2 Å². The topological polar surface area (TPSA) is 15.3 Å². The first-order valence-electron chi connectivity index (χ1n) is 7.58. The van der Waals surface area contributed by atoms with Gasteiger partial charge in [-0.3, -0.25) is 0 Å². The Morgan fingerprint density at radius 2 is 1.82 bits per heavy atom. The van der Waals surface area contributed by atoms with E-state index in [1.807, 2.05) is 0 Å². The van der Waals surface area contributed by atoms with Gasteiger partial charge in [0.05, 0.1) is 0 Å². The van der Waals surface area contributed by atoms with Crippen LogP contribution in [0.1, 0.15) is 51.9 Å². The fourth-order valence-corrected chi connectivity index (χ4v) is 3.91. The highest BCUT2D eigenvalue weighted by atomic mass is 15.2. The van der Waals surface area contributed by atoms with E-state index < -0.39 is 0 Å². The zero-order valence-electron chi connectivity index (χ0n) is 11.9. The second-order valence-corrected chi connectivity index (χ2v) is 6.47. The van der Waals surface area contributed by atoms with Crippen LogP contribution in [0.4, 0.5) is 0 Å². The molecule has 2 rings (SSSR count). The minimum absolute atomic E-state index is 0.720. The summed E-state index contributed by atoms with van der Waals surface area (Å²) in [5, 5.41) is 3.54. The lowest BCUT2D eigenvalue weighted by Gasteiger charge is -2.41. The van der Waals surface area contributed by atoms with E-state index in [0.29, 0.717) is 0 Å². The lowest BCUT2D eigenvalue weighted by Crippen LogP contribution is -2.51. The van der Waals surface area contributed by atoms with Crippen molar-refractivity contribution in [3.05, 3.63) is 0 Å². The highest BCUT2D eigenvalue weighted by Gasteiger charge is 2.31. The quantitative estimate of drug-likeness (QED) is 0.810. The molecule has 0 aliphatic heterocycles. The van der Waals surface area contributed by atoms with Gasteiger partial charge in [-0.15, -0.1) is 0 Å². The number of hydrogen-bond acceptors (Lipinski definition) is 2. The van der Waals surface area contributed by atoms with Crippen molar-refractivity contribution in [1.29, 1.82) is 0 Å². The van der Waals surface area contributed by atoms with Gasteiger partial charge in [-0.2, -0.15) is 0 Å². The molecule has 2 nitrogen and oxygen atoms in total. The van der Waals surface area contributed by atoms with Crippen LogP contribution in [0.2, 0.25) is 0 Å². The third-order valence-corrected chi connectivity index (χ3v) is 5.04. The Labute approximate surface area is 107 Å². The number of hydrogen-bond donors (Lipinski definition) is 1. The molecule has 0 bridgehead atoms. The zero-order valence-corrected chi connectivity index (χ0v) is 11.9. The maximum absolute atomic E-state index is 3.54. The van der Waals surface area contributed by atoms with Crippen LogP contribution >= 0.6 is 0 Å². The standard InChI is InChI=1S/C15H30N2/c1-12-8-9-14(16-2)15(10-12)17(3)11-13-6-4-5-7-13/h12-16H,4-11H2,1-3H3. The molecule has 0 aromatic carbocycles. The van der Waals surface area contributed by atoms with Gasteiger partial charge in [-0.05, 0) is 58.0 Å². The van der Waals surface area contributed by atoms with E-state index >= 15 is 0 Å². The molecule has 3 atom stereocenters. The van der Waals surface area contributed by atoms with Crippen LogP contribution in [0.3, 0.4) is 0 Å². The van der Waals surface area contributed by atoms with Crippen molar-refractivity contribution in [3.63, 3.8) is 0 Å². The summed E-state index contributed by atoms with van der Waals surface area (Å²) in [6, 6.07) is 1.49. The Hall–Kier alpha value is -0.0800. The maximum Gasteiger partial charge on any atom is 0.0248 e. The van der Waals surface area contributed by atoms with Crippen LogP contribution in [0, 0.1) is 11.8 Å². The van der Waals surface area contributed by atoms with Gasteiger partial charge >= 0.3 is 0 Å². The molecular formula is C15H30N2. The fourth-order valence-electron chi connectivity index (χ4n) is 3.91. The van der Waals surface area contributed by atoms with Crippen molar-refractivity contribution < 1.29 is 0 Å². The van der Waals surface area contributed by atoms with Crippen LogP contribution in [0.5, 0.6) is 0 Å². The molecule has 2 aliphatic carbocycles. The molecule has 0 saturated heterocycles. The fraction of sp³-hybridized carbons (Fsp3) is 1.00. The van der Waals surface area contributed by atoms with E-state index in [1.54, 1.807) is 0 Å².